The molecule has 27 heavy (non-hydrogen) atoms. The maximum Gasteiger partial charge on any atom is 0.121 e. The van der Waals surface area contributed by atoms with E-state index in [1.165, 1.54) is 35.5 Å². The molecule has 3 heterocycles. The van der Waals surface area contributed by atoms with E-state index in [-0.39, 0.29) is 6.17 Å². The molecular formula is C20H27ClN6. The number of allylic oxidation sites excluding steroid dienone is 1. The van der Waals surface area contributed by atoms with Gasteiger partial charge in [0.25, 0.3) is 0 Å². The van der Waals surface area contributed by atoms with Gasteiger partial charge in [0.15, 0.2) is 0 Å². The van der Waals surface area contributed by atoms with Gasteiger partial charge in [-0.2, -0.15) is 0 Å². The number of nitrogens with two attached hydrogens (primary N) is 1. The van der Waals surface area contributed by atoms with Gasteiger partial charge in [0.05, 0.1) is 17.9 Å². The highest BCUT2D eigenvalue weighted by Crippen LogP contribution is 2.39. The monoisotopic (exact) mass is 386 g/mol. The van der Waals surface area contributed by atoms with E-state index in [2.05, 4.69) is 38.8 Å². The van der Waals surface area contributed by atoms with Crippen molar-refractivity contribution in [1.82, 2.24) is 25.4 Å². The third-order valence-corrected chi connectivity index (χ3v) is 6.21. The van der Waals surface area contributed by atoms with Crippen LogP contribution in [0, 0.1) is 5.92 Å². The number of nitrogens with zero attached hydrogens (tertiary/aromatic N) is 3. The Morgan fingerprint density at radius 1 is 1.07 bits per heavy atom. The molecule has 0 radical (unpaired) electrons. The number of hydrogen-bond acceptors (Lipinski definition) is 6. The zero-order chi connectivity index (χ0) is 18.4. The van der Waals surface area contributed by atoms with Gasteiger partial charge in [-0.25, -0.2) is 5.01 Å². The van der Waals surface area contributed by atoms with Gasteiger partial charge < -0.3 is 15.5 Å². The van der Waals surface area contributed by atoms with Crippen LogP contribution in [0.3, 0.4) is 0 Å². The van der Waals surface area contributed by atoms with E-state index in [9.17, 15) is 0 Å². The summed E-state index contributed by atoms with van der Waals surface area (Å²) in [5, 5.41) is 10.1. The molecule has 1 aliphatic carbocycles. The van der Waals surface area contributed by atoms with E-state index in [1.54, 1.807) is 0 Å². The Labute approximate surface area is 165 Å². The number of hydrazine groups is 1. The zero-order valence-electron chi connectivity index (χ0n) is 15.5. The van der Waals surface area contributed by atoms with Crippen LogP contribution in [0.15, 0.2) is 41.9 Å². The quantitative estimate of drug-likeness (QED) is 0.683. The van der Waals surface area contributed by atoms with Crippen molar-refractivity contribution < 1.29 is 0 Å². The number of benzene rings is 1. The molecule has 1 atom stereocenters. The molecule has 144 valence electrons. The summed E-state index contributed by atoms with van der Waals surface area (Å²) in [4.78, 5) is 4.97. The first-order valence-electron chi connectivity index (χ1n) is 9.89. The normalized spacial score (nSPS) is 26.5. The number of halogens is 1. The standard InChI is InChI=1S/C20H27ClN6/c21-16-5-3-15(4-6-16)20-18(13-25-7-9-26(22)10-8-25)27-12-17(14-1-2-14)23-11-19(27)24-20/h3-6,12,14,19,23-24H,1-2,7-11,13,22H2. The predicted molar refractivity (Wildman–Crippen MR) is 108 cm³/mol. The summed E-state index contributed by atoms with van der Waals surface area (Å²) in [5.41, 5.74) is 5.17. The highest BCUT2D eigenvalue weighted by atomic mass is 35.5. The number of hydrogen-bond donors (Lipinski definition) is 3. The van der Waals surface area contributed by atoms with E-state index in [4.69, 9.17) is 17.4 Å². The fraction of sp³-hybridized carbons (Fsp3) is 0.500. The van der Waals surface area contributed by atoms with Crippen molar-refractivity contribution in [3.63, 3.8) is 0 Å². The maximum absolute atomic E-state index is 6.12. The maximum atomic E-state index is 6.12. The topological polar surface area (TPSA) is 59.8 Å². The second-order valence-electron chi connectivity index (χ2n) is 7.95. The van der Waals surface area contributed by atoms with Gasteiger partial charge in [0.1, 0.15) is 6.17 Å². The van der Waals surface area contributed by atoms with Crippen molar-refractivity contribution in [2.75, 3.05) is 39.3 Å². The van der Waals surface area contributed by atoms with Crippen LogP contribution in [0.5, 0.6) is 0 Å². The average Bonchev–Trinajstić information content (AvgIpc) is 3.47. The lowest BCUT2D eigenvalue weighted by Crippen LogP contribution is -2.51. The van der Waals surface area contributed by atoms with Crippen molar-refractivity contribution in [3.8, 4) is 0 Å². The number of piperazine rings is 1. The minimum Gasteiger partial charge on any atom is -0.383 e. The fourth-order valence-electron chi connectivity index (χ4n) is 4.17. The van der Waals surface area contributed by atoms with Crippen LogP contribution in [-0.4, -0.2) is 60.2 Å². The number of rotatable bonds is 4. The minimum absolute atomic E-state index is 0.268. The molecule has 0 bridgehead atoms. The van der Waals surface area contributed by atoms with Gasteiger partial charge in [-0.1, -0.05) is 23.7 Å². The molecule has 1 aromatic rings. The van der Waals surface area contributed by atoms with E-state index in [1.807, 2.05) is 17.1 Å². The average molecular weight is 387 g/mol. The molecule has 3 aliphatic heterocycles. The molecule has 0 aromatic heterocycles. The molecule has 1 saturated carbocycles. The Morgan fingerprint density at radius 3 is 2.52 bits per heavy atom. The van der Waals surface area contributed by atoms with E-state index in [0.29, 0.717) is 0 Å². The van der Waals surface area contributed by atoms with Crippen LogP contribution in [0.2, 0.25) is 5.02 Å². The lowest BCUT2D eigenvalue weighted by atomic mass is 10.1. The van der Waals surface area contributed by atoms with Crippen LogP contribution in [0.1, 0.15) is 18.4 Å². The largest absolute Gasteiger partial charge is 0.383 e. The van der Waals surface area contributed by atoms with Crippen molar-refractivity contribution in [2.24, 2.45) is 11.8 Å². The molecule has 1 saturated heterocycles. The summed E-state index contributed by atoms with van der Waals surface area (Å²) in [6, 6.07) is 8.16. The Hall–Kier alpha value is -1.73. The van der Waals surface area contributed by atoms with Gasteiger partial charge in [-0.15, -0.1) is 0 Å². The Morgan fingerprint density at radius 2 is 1.81 bits per heavy atom. The Bertz CT molecular complexity index is 761. The van der Waals surface area contributed by atoms with Crippen LogP contribution in [0.25, 0.3) is 5.70 Å². The summed E-state index contributed by atoms with van der Waals surface area (Å²) < 4.78 is 0. The molecule has 5 rings (SSSR count). The smallest absolute Gasteiger partial charge is 0.121 e. The lowest BCUT2D eigenvalue weighted by molar-refractivity contribution is 0.134. The van der Waals surface area contributed by atoms with Crippen molar-refractivity contribution >= 4 is 17.3 Å². The van der Waals surface area contributed by atoms with E-state index < -0.39 is 0 Å². The van der Waals surface area contributed by atoms with E-state index >= 15 is 0 Å². The fourth-order valence-corrected chi connectivity index (χ4v) is 4.29. The molecule has 0 spiro atoms. The summed E-state index contributed by atoms with van der Waals surface area (Å²) in [7, 11) is 0. The SMILES string of the molecule is NN1CCN(CC2=C(c3ccc(Cl)cc3)NC3CNC(C4CC4)=CN23)CC1. The summed E-state index contributed by atoms with van der Waals surface area (Å²) in [6.07, 6.45) is 5.23. The first kappa shape index (κ1) is 17.4. The van der Waals surface area contributed by atoms with Crippen molar-refractivity contribution in [1.29, 1.82) is 0 Å². The first-order chi connectivity index (χ1) is 13.2. The van der Waals surface area contributed by atoms with Gasteiger partial charge in [0, 0.05) is 55.6 Å². The highest BCUT2D eigenvalue weighted by molar-refractivity contribution is 6.30. The molecule has 2 fully saturated rings. The summed E-state index contributed by atoms with van der Waals surface area (Å²) in [5.74, 6) is 6.67. The lowest BCUT2D eigenvalue weighted by Gasteiger charge is -2.36. The zero-order valence-corrected chi connectivity index (χ0v) is 16.3. The molecule has 1 unspecified atom stereocenters. The number of fused-ring (bicyclic) bond motifs is 1. The Balaban J connectivity index is 1.47. The second kappa shape index (κ2) is 7.02. The second-order valence-corrected chi connectivity index (χ2v) is 8.38. The summed E-state index contributed by atoms with van der Waals surface area (Å²) >= 11 is 6.12. The minimum atomic E-state index is 0.268. The van der Waals surface area contributed by atoms with Gasteiger partial charge in [0.2, 0.25) is 0 Å². The number of nitrogens with one attached hydrogen (secondary N) is 2. The molecule has 1 aromatic carbocycles. The van der Waals surface area contributed by atoms with Crippen LogP contribution in [0.4, 0.5) is 0 Å². The van der Waals surface area contributed by atoms with Crippen molar-refractivity contribution in [2.45, 2.75) is 19.0 Å². The van der Waals surface area contributed by atoms with Crippen LogP contribution >= 0.6 is 11.6 Å². The highest BCUT2D eigenvalue weighted by Gasteiger charge is 2.37. The van der Waals surface area contributed by atoms with E-state index in [0.717, 1.165) is 50.2 Å². The van der Waals surface area contributed by atoms with Gasteiger partial charge in [-0.3, -0.25) is 10.7 Å². The van der Waals surface area contributed by atoms with Gasteiger partial charge in [-0.05, 0) is 30.5 Å². The third kappa shape index (κ3) is 3.55. The van der Waals surface area contributed by atoms with Crippen LogP contribution in [-0.2, 0) is 0 Å². The molecule has 7 heteroatoms. The first-order valence-corrected chi connectivity index (χ1v) is 10.3. The predicted octanol–water partition coefficient (Wildman–Crippen LogP) is 1.59. The molecule has 4 N–H and O–H groups in total. The molecule has 0 amide bonds. The molecule has 4 aliphatic rings. The molecule has 6 nitrogen and oxygen atoms in total. The van der Waals surface area contributed by atoms with Crippen LogP contribution < -0.4 is 16.5 Å². The third-order valence-electron chi connectivity index (χ3n) is 5.96. The Kier molecular flexibility index (Phi) is 4.52. The molecular weight excluding hydrogens is 360 g/mol. The summed E-state index contributed by atoms with van der Waals surface area (Å²) in [6.45, 7) is 5.72. The van der Waals surface area contributed by atoms with Crippen molar-refractivity contribution in [3.05, 3.63) is 52.4 Å². The van der Waals surface area contributed by atoms with Gasteiger partial charge >= 0.3 is 0 Å².